The van der Waals surface area contributed by atoms with Crippen molar-refractivity contribution in [1.29, 1.82) is 0 Å². The summed E-state index contributed by atoms with van der Waals surface area (Å²) in [4.78, 5) is 28.7. The summed E-state index contributed by atoms with van der Waals surface area (Å²) in [6, 6.07) is 36.3. The van der Waals surface area contributed by atoms with Gasteiger partial charge in [0.1, 0.15) is 0 Å². The van der Waals surface area contributed by atoms with E-state index in [0.29, 0.717) is 16.5 Å². The predicted octanol–water partition coefficient (Wildman–Crippen LogP) is 7.61. The van der Waals surface area contributed by atoms with Gasteiger partial charge < -0.3 is 0 Å². The fourth-order valence-corrected chi connectivity index (χ4v) is 5.94. The lowest BCUT2D eigenvalue weighted by atomic mass is 9.92. The Morgan fingerprint density at radius 1 is 0.707 bits per heavy atom. The van der Waals surface area contributed by atoms with Crippen molar-refractivity contribution in [2.75, 3.05) is 5.01 Å². The molecule has 2 amide bonds. The van der Waals surface area contributed by atoms with E-state index in [4.69, 9.17) is 5.10 Å². The van der Waals surface area contributed by atoms with E-state index in [9.17, 15) is 9.59 Å². The summed E-state index contributed by atoms with van der Waals surface area (Å²) < 4.78 is 0. The zero-order valence-corrected chi connectivity index (χ0v) is 23.0. The van der Waals surface area contributed by atoms with Gasteiger partial charge in [0, 0.05) is 28.3 Å². The van der Waals surface area contributed by atoms with Gasteiger partial charge in [0.2, 0.25) is 0 Å². The fourth-order valence-electron chi connectivity index (χ4n) is 5.94. The Hall–Kier alpha value is -5.03. The van der Waals surface area contributed by atoms with Gasteiger partial charge in [-0.2, -0.15) is 5.10 Å². The number of hydrazone groups is 1. The second-order valence-electron chi connectivity index (χ2n) is 10.9. The zero-order valence-electron chi connectivity index (χ0n) is 23.0. The minimum absolute atomic E-state index is 0.0199. The molecule has 41 heavy (non-hydrogen) atoms. The van der Waals surface area contributed by atoms with Gasteiger partial charge >= 0.3 is 0 Å². The number of benzene rings is 5. The van der Waals surface area contributed by atoms with Crippen LogP contribution in [0.5, 0.6) is 0 Å². The van der Waals surface area contributed by atoms with Crippen molar-refractivity contribution in [2.24, 2.45) is 5.10 Å². The summed E-state index contributed by atoms with van der Waals surface area (Å²) in [5.74, 6) is -0.538. The summed E-state index contributed by atoms with van der Waals surface area (Å²) in [5, 5.41) is 8.80. The van der Waals surface area contributed by atoms with Gasteiger partial charge in [-0.05, 0) is 48.7 Å². The third kappa shape index (κ3) is 4.30. The lowest BCUT2D eigenvalue weighted by Gasteiger charge is -2.30. The van der Waals surface area contributed by atoms with Gasteiger partial charge in [-0.3, -0.25) is 19.5 Å². The molecule has 1 atom stereocenters. The van der Waals surface area contributed by atoms with E-state index in [1.165, 1.54) is 21.6 Å². The second kappa shape index (κ2) is 9.86. The van der Waals surface area contributed by atoms with Gasteiger partial charge in [-0.1, -0.05) is 102 Å². The van der Waals surface area contributed by atoms with Crippen LogP contribution in [0, 0.1) is 13.8 Å². The van der Waals surface area contributed by atoms with E-state index >= 15 is 0 Å². The standard InChI is InChI=1S/C36H29N3O2/c1-23-11-15-26(16-12-23)31-21-33(27-17-13-24(2)14-18-27)39(37-31)32-20-19-30-34-28(32)9-6-10-29(34)35(40)38(36(30)41)22-25-7-4-3-5-8-25/h3-20,33H,21-22H2,1-2H3. The first kappa shape index (κ1) is 25.0. The third-order valence-corrected chi connectivity index (χ3v) is 8.16. The van der Waals surface area contributed by atoms with Crippen molar-refractivity contribution in [3.05, 3.63) is 148 Å². The highest BCUT2D eigenvalue weighted by Gasteiger charge is 2.36. The molecule has 0 fully saturated rings. The van der Waals surface area contributed by atoms with Crippen molar-refractivity contribution >= 4 is 34.0 Å². The quantitative estimate of drug-likeness (QED) is 0.218. The average Bonchev–Trinajstić information content (AvgIpc) is 3.44. The zero-order chi connectivity index (χ0) is 28.1. The van der Waals surface area contributed by atoms with Crippen LogP contribution in [0.2, 0.25) is 0 Å². The molecule has 0 aromatic heterocycles. The smallest absolute Gasteiger partial charge is 0.261 e. The van der Waals surface area contributed by atoms with E-state index in [0.717, 1.165) is 34.3 Å². The number of imide groups is 1. The van der Waals surface area contributed by atoms with Crippen LogP contribution in [0.1, 0.15) is 61.0 Å². The first-order valence-electron chi connectivity index (χ1n) is 13.9. The maximum absolute atomic E-state index is 13.7. The van der Waals surface area contributed by atoms with E-state index in [1.807, 2.05) is 60.7 Å². The van der Waals surface area contributed by atoms with E-state index in [-0.39, 0.29) is 24.4 Å². The highest BCUT2D eigenvalue weighted by molar-refractivity contribution is 6.26. The Morgan fingerprint density at radius 2 is 1.37 bits per heavy atom. The molecule has 200 valence electrons. The van der Waals surface area contributed by atoms with Crippen LogP contribution < -0.4 is 5.01 Å². The molecule has 2 aliphatic rings. The molecule has 0 radical (unpaired) electrons. The van der Waals surface area contributed by atoms with E-state index < -0.39 is 0 Å². The topological polar surface area (TPSA) is 53.0 Å². The molecule has 2 heterocycles. The molecule has 5 heteroatoms. The van der Waals surface area contributed by atoms with Gasteiger partial charge in [0.05, 0.1) is 24.0 Å². The minimum Gasteiger partial charge on any atom is -0.270 e. The molecule has 0 N–H and O–H groups in total. The summed E-state index contributed by atoms with van der Waals surface area (Å²) in [7, 11) is 0. The Labute approximate surface area is 239 Å². The SMILES string of the molecule is Cc1ccc(C2=NN(c3ccc4c5c(cccc35)C(=O)N(Cc3ccccc3)C4=O)C(c3ccc(C)cc3)C2)cc1. The van der Waals surface area contributed by atoms with Crippen LogP contribution in [-0.2, 0) is 6.54 Å². The minimum atomic E-state index is -0.269. The number of carbonyl (C=O) groups excluding carboxylic acids is 2. The molecule has 0 saturated carbocycles. The molecule has 5 nitrogen and oxygen atoms in total. The number of amides is 2. The molecule has 7 rings (SSSR count). The largest absolute Gasteiger partial charge is 0.270 e. The van der Waals surface area contributed by atoms with Crippen molar-refractivity contribution < 1.29 is 9.59 Å². The summed E-state index contributed by atoms with van der Waals surface area (Å²) in [5.41, 5.74) is 8.58. The maximum Gasteiger partial charge on any atom is 0.261 e. The van der Waals surface area contributed by atoms with Crippen molar-refractivity contribution in [2.45, 2.75) is 32.9 Å². The summed E-state index contributed by atoms with van der Waals surface area (Å²) in [6.07, 6.45) is 0.748. The first-order valence-corrected chi connectivity index (χ1v) is 13.9. The molecule has 1 unspecified atom stereocenters. The van der Waals surface area contributed by atoms with Gasteiger partial charge in [0.15, 0.2) is 0 Å². The van der Waals surface area contributed by atoms with Gasteiger partial charge in [-0.25, -0.2) is 0 Å². The van der Waals surface area contributed by atoms with Crippen molar-refractivity contribution in [3.8, 4) is 0 Å². The number of aryl methyl sites for hydroxylation is 2. The first-order chi connectivity index (χ1) is 20.0. The lowest BCUT2D eigenvalue weighted by molar-refractivity contribution is 0.0598. The maximum atomic E-state index is 13.7. The van der Waals surface area contributed by atoms with Crippen molar-refractivity contribution in [3.63, 3.8) is 0 Å². The van der Waals surface area contributed by atoms with Crippen LogP contribution in [0.25, 0.3) is 10.8 Å². The average molecular weight is 536 g/mol. The van der Waals surface area contributed by atoms with Crippen LogP contribution in [0.15, 0.2) is 114 Å². The third-order valence-electron chi connectivity index (χ3n) is 8.16. The molecule has 5 aromatic carbocycles. The number of nitrogens with zero attached hydrogens (tertiary/aromatic N) is 3. The number of hydrogen-bond acceptors (Lipinski definition) is 4. The predicted molar refractivity (Wildman–Crippen MR) is 163 cm³/mol. The highest BCUT2D eigenvalue weighted by Crippen LogP contribution is 2.43. The molecule has 0 aliphatic carbocycles. The van der Waals surface area contributed by atoms with Crippen LogP contribution in [-0.4, -0.2) is 22.4 Å². The van der Waals surface area contributed by atoms with E-state index in [1.54, 1.807) is 0 Å². The van der Waals surface area contributed by atoms with Gasteiger partial charge in [-0.15, -0.1) is 0 Å². The van der Waals surface area contributed by atoms with Crippen LogP contribution >= 0.6 is 0 Å². The monoisotopic (exact) mass is 535 g/mol. The molecule has 5 aromatic rings. The normalized spacial score (nSPS) is 16.4. The molecule has 0 spiro atoms. The van der Waals surface area contributed by atoms with Crippen LogP contribution in [0.4, 0.5) is 5.69 Å². The molecular formula is C36H29N3O2. The Balaban J connectivity index is 1.35. The lowest BCUT2D eigenvalue weighted by Crippen LogP contribution is -2.39. The number of anilines is 1. The number of rotatable bonds is 5. The molecule has 0 bridgehead atoms. The van der Waals surface area contributed by atoms with E-state index in [2.05, 4.69) is 67.4 Å². The molecule has 0 saturated heterocycles. The highest BCUT2D eigenvalue weighted by atomic mass is 16.2. The molecule has 2 aliphatic heterocycles. The summed E-state index contributed by atoms with van der Waals surface area (Å²) in [6.45, 7) is 4.41. The Bertz CT molecular complexity index is 1820. The van der Waals surface area contributed by atoms with Gasteiger partial charge in [0.25, 0.3) is 11.8 Å². The fraction of sp³-hybridized carbons (Fsp3) is 0.139. The molecular weight excluding hydrogens is 506 g/mol. The number of hydrogen-bond donors (Lipinski definition) is 0. The van der Waals surface area contributed by atoms with Crippen molar-refractivity contribution in [1.82, 2.24) is 4.90 Å². The Morgan fingerprint density at radius 3 is 2.07 bits per heavy atom. The Kier molecular flexibility index (Phi) is 6.01. The second-order valence-corrected chi connectivity index (χ2v) is 10.9. The number of carbonyl (C=O) groups is 2. The van der Waals surface area contributed by atoms with Crippen LogP contribution in [0.3, 0.4) is 0 Å². The summed E-state index contributed by atoms with van der Waals surface area (Å²) >= 11 is 0.